The zero-order valence-corrected chi connectivity index (χ0v) is 14.6. The molecule has 1 amide bonds. The summed E-state index contributed by atoms with van der Waals surface area (Å²) in [6, 6.07) is 13.0. The van der Waals surface area contributed by atoms with Gasteiger partial charge in [0.2, 0.25) is 5.91 Å². The zero-order valence-electron chi connectivity index (χ0n) is 14.6. The SMILES string of the molecule is COc1cccc(C(NC(=O)Cc2ccc(F)cc2)c2nccn2C)c1. The van der Waals surface area contributed by atoms with E-state index in [2.05, 4.69) is 10.3 Å². The third-order valence-electron chi connectivity index (χ3n) is 4.13. The molecule has 0 aliphatic rings. The predicted molar refractivity (Wildman–Crippen MR) is 96.3 cm³/mol. The molecule has 2 aromatic carbocycles. The Kier molecular flexibility index (Phi) is 5.31. The first kappa shape index (κ1) is 17.7. The summed E-state index contributed by atoms with van der Waals surface area (Å²) in [6.07, 6.45) is 3.68. The lowest BCUT2D eigenvalue weighted by atomic mass is 10.0. The van der Waals surface area contributed by atoms with Gasteiger partial charge in [0.1, 0.15) is 23.4 Å². The molecule has 5 nitrogen and oxygen atoms in total. The van der Waals surface area contributed by atoms with Crippen molar-refractivity contribution in [2.75, 3.05) is 7.11 Å². The van der Waals surface area contributed by atoms with Gasteiger partial charge in [-0.25, -0.2) is 9.37 Å². The van der Waals surface area contributed by atoms with E-state index in [0.717, 1.165) is 11.1 Å². The van der Waals surface area contributed by atoms with E-state index < -0.39 is 6.04 Å². The molecule has 3 aromatic rings. The summed E-state index contributed by atoms with van der Waals surface area (Å²) in [5, 5.41) is 3.02. The number of rotatable bonds is 6. The molecule has 1 atom stereocenters. The summed E-state index contributed by atoms with van der Waals surface area (Å²) in [6.45, 7) is 0. The maximum atomic E-state index is 13.0. The van der Waals surface area contributed by atoms with Gasteiger partial charge < -0.3 is 14.6 Å². The second-order valence-corrected chi connectivity index (χ2v) is 5.98. The number of methoxy groups -OCH3 is 1. The quantitative estimate of drug-likeness (QED) is 0.741. The number of halogens is 1. The molecule has 0 saturated carbocycles. The molecule has 3 rings (SSSR count). The van der Waals surface area contributed by atoms with E-state index in [1.807, 2.05) is 42.1 Å². The van der Waals surface area contributed by atoms with Crippen LogP contribution in [0.3, 0.4) is 0 Å². The number of hydrogen-bond acceptors (Lipinski definition) is 3. The lowest BCUT2D eigenvalue weighted by Gasteiger charge is -2.20. The molecule has 0 radical (unpaired) electrons. The monoisotopic (exact) mass is 353 g/mol. The smallest absolute Gasteiger partial charge is 0.225 e. The van der Waals surface area contributed by atoms with Gasteiger partial charge in [0.05, 0.1) is 13.5 Å². The lowest BCUT2D eigenvalue weighted by molar-refractivity contribution is -0.121. The van der Waals surface area contributed by atoms with Crippen molar-refractivity contribution in [3.05, 3.63) is 83.7 Å². The van der Waals surface area contributed by atoms with E-state index in [-0.39, 0.29) is 18.1 Å². The number of imidazole rings is 1. The maximum Gasteiger partial charge on any atom is 0.225 e. The van der Waals surface area contributed by atoms with E-state index in [1.54, 1.807) is 25.4 Å². The molecule has 1 aromatic heterocycles. The standard InChI is InChI=1S/C20H20FN3O2/c1-24-11-10-22-20(24)19(15-4-3-5-17(13-15)26-2)23-18(25)12-14-6-8-16(21)9-7-14/h3-11,13,19H,12H2,1-2H3,(H,23,25). The van der Waals surface area contributed by atoms with Gasteiger partial charge in [-0.2, -0.15) is 0 Å². The van der Waals surface area contributed by atoms with Crippen LogP contribution in [0.1, 0.15) is 23.0 Å². The third-order valence-corrected chi connectivity index (χ3v) is 4.13. The van der Waals surface area contributed by atoms with E-state index in [4.69, 9.17) is 4.74 Å². The minimum absolute atomic E-state index is 0.158. The van der Waals surface area contributed by atoms with Crippen molar-refractivity contribution in [3.63, 3.8) is 0 Å². The van der Waals surface area contributed by atoms with Crippen molar-refractivity contribution in [1.82, 2.24) is 14.9 Å². The van der Waals surface area contributed by atoms with Crippen LogP contribution in [0, 0.1) is 5.82 Å². The van der Waals surface area contributed by atoms with Gasteiger partial charge in [0.15, 0.2) is 0 Å². The second-order valence-electron chi connectivity index (χ2n) is 5.98. The number of hydrogen-bond donors (Lipinski definition) is 1. The molecule has 26 heavy (non-hydrogen) atoms. The Morgan fingerprint density at radius 1 is 1.27 bits per heavy atom. The van der Waals surface area contributed by atoms with Gasteiger partial charge >= 0.3 is 0 Å². The predicted octanol–water partition coefficient (Wildman–Crippen LogP) is 3.02. The molecule has 0 spiro atoms. The molecular weight excluding hydrogens is 333 g/mol. The first-order valence-corrected chi connectivity index (χ1v) is 8.22. The number of nitrogens with zero attached hydrogens (tertiary/aromatic N) is 2. The third kappa shape index (κ3) is 4.08. The summed E-state index contributed by atoms with van der Waals surface area (Å²) in [4.78, 5) is 16.9. The van der Waals surface area contributed by atoms with Gasteiger partial charge in [0.25, 0.3) is 0 Å². The highest BCUT2D eigenvalue weighted by molar-refractivity contribution is 5.79. The van der Waals surface area contributed by atoms with Crippen LogP contribution in [0.5, 0.6) is 5.75 Å². The summed E-state index contributed by atoms with van der Waals surface area (Å²) in [5.74, 6) is 0.920. The summed E-state index contributed by atoms with van der Waals surface area (Å²) in [5.41, 5.74) is 1.61. The Morgan fingerprint density at radius 3 is 2.69 bits per heavy atom. The molecule has 134 valence electrons. The Bertz CT molecular complexity index is 890. The maximum absolute atomic E-state index is 13.0. The molecule has 0 aliphatic carbocycles. The van der Waals surface area contributed by atoms with Crippen molar-refractivity contribution in [2.24, 2.45) is 7.05 Å². The van der Waals surface area contributed by atoms with Crippen molar-refractivity contribution in [2.45, 2.75) is 12.5 Å². The lowest BCUT2D eigenvalue weighted by Crippen LogP contribution is -2.32. The fraction of sp³-hybridized carbons (Fsp3) is 0.200. The molecule has 0 aliphatic heterocycles. The van der Waals surface area contributed by atoms with Gasteiger partial charge in [-0.15, -0.1) is 0 Å². The first-order valence-electron chi connectivity index (χ1n) is 8.22. The summed E-state index contributed by atoms with van der Waals surface area (Å²) >= 11 is 0. The average Bonchev–Trinajstić information content (AvgIpc) is 3.07. The largest absolute Gasteiger partial charge is 0.497 e. The van der Waals surface area contributed by atoms with E-state index in [1.165, 1.54) is 12.1 Å². The topological polar surface area (TPSA) is 56.1 Å². The Balaban J connectivity index is 1.85. The van der Waals surface area contributed by atoms with Gasteiger partial charge in [0, 0.05) is 19.4 Å². The second kappa shape index (κ2) is 7.82. The fourth-order valence-corrected chi connectivity index (χ4v) is 2.77. The van der Waals surface area contributed by atoms with E-state index in [0.29, 0.717) is 11.6 Å². The Morgan fingerprint density at radius 2 is 2.04 bits per heavy atom. The van der Waals surface area contributed by atoms with Crippen LogP contribution in [0.25, 0.3) is 0 Å². The molecular formula is C20H20FN3O2. The fourth-order valence-electron chi connectivity index (χ4n) is 2.77. The highest BCUT2D eigenvalue weighted by atomic mass is 19.1. The van der Waals surface area contributed by atoms with Crippen LogP contribution in [-0.2, 0) is 18.3 Å². The number of carbonyl (C=O) groups excluding carboxylic acids is 1. The highest BCUT2D eigenvalue weighted by Crippen LogP contribution is 2.24. The van der Waals surface area contributed by atoms with E-state index >= 15 is 0 Å². The Hall–Kier alpha value is -3.15. The normalized spacial score (nSPS) is 11.8. The van der Waals surface area contributed by atoms with Crippen LogP contribution < -0.4 is 10.1 Å². The number of aromatic nitrogens is 2. The number of benzene rings is 2. The van der Waals surface area contributed by atoms with Crippen LogP contribution in [-0.4, -0.2) is 22.6 Å². The van der Waals surface area contributed by atoms with Gasteiger partial charge in [-0.05, 0) is 35.4 Å². The molecule has 1 unspecified atom stereocenters. The molecule has 1 N–H and O–H groups in total. The van der Waals surface area contributed by atoms with Crippen molar-refractivity contribution >= 4 is 5.91 Å². The van der Waals surface area contributed by atoms with Crippen LogP contribution in [0.15, 0.2) is 60.9 Å². The van der Waals surface area contributed by atoms with Crippen molar-refractivity contribution < 1.29 is 13.9 Å². The summed E-state index contributed by atoms with van der Waals surface area (Å²) in [7, 11) is 3.48. The van der Waals surface area contributed by atoms with Crippen molar-refractivity contribution in [3.8, 4) is 5.75 Å². The number of aryl methyl sites for hydroxylation is 1. The zero-order chi connectivity index (χ0) is 18.5. The molecule has 0 bridgehead atoms. The average molecular weight is 353 g/mol. The van der Waals surface area contributed by atoms with Crippen LogP contribution in [0.2, 0.25) is 0 Å². The van der Waals surface area contributed by atoms with Crippen LogP contribution >= 0.6 is 0 Å². The Labute approximate surface area is 151 Å². The minimum atomic E-state index is -0.418. The molecule has 6 heteroatoms. The van der Waals surface area contributed by atoms with Gasteiger partial charge in [-0.3, -0.25) is 4.79 Å². The number of nitrogens with one attached hydrogen (secondary N) is 1. The highest BCUT2D eigenvalue weighted by Gasteiger charge is 2.21. The van der Waals surface area contributed by atoms with Crippen molar-refractivity contribution in [1.29, 1.82) is 0 Å². The number of ether oxygens (including phenoxy) is 1. The van der Waals surface area contributed by atoms with Gasteiger partial charge in [-0.1, -0.05) is 24.3 Å². The molecule has 1 heterocycles. The number of carbonyl (C=O) groups is 1. The number of amides is 1. The summed E-state index contributed by atoms with van der Waals surface area (Å²) < 4.78 is 20.2. The first-order chi connectivity index (χ1) is 12.6. The molecule has 0 saturated heterocycles. The van der Waals surface area contributed by atoms with E-state index in [9.17, 15) is 9.18 Å². The minimum Gasteiger partial charge on any atom is -0.497 e. The molecule has 0 fully saturated rings. The van der Waals surface area contributed by atoms with Crippen LogP contribution in [0.4, 0.5) is 4.39 Å².